The first-order valence-corrected chi connectivity index (χ1v) is 19.3. The van der Waals surface area contributed by atoms with Crippen molar-refractivity contribution in [1.82, 2.24) is 20.0 Å². The Morgan fingerprint density at radius 3 is 2.42 bits per heavy atom. The molecular formula is C31H48N4O3SSi. The van der Waals surface area contributed by atoms with E-state index in [1.807, 2.05) is 0 Å². The standard InChI is InChI=1S/C31H48N4O3SSi/c1-21(2)40(22(3)4,23(5)6)38-30-19-25(24-9-10-24)11-12-28(30)35-29-13-15-32-27-20-34(16-8-18-39(7,36)37)17-14-26(33-35)31(27)29/h8,11-12,18-19,21-24,27,32H,9-10,13-17,20H2,1-7H3/b18-8+. The molecule has 1 saturated carbocycles. The van der Waals surface area contributed by atoms with E-state index in [1.54, 1.807) is 6.08 Å². The lowest BCUT2D eigenvalue weighted by atomic mass is 9.98. The molecule has 9 heteroatoms. The summed E-state index contributed by atoms with van der Waals surface area (Å²) in [5.41, 5.74) is 7.74. The zero-order valence-electron chi connectivity index (χ0n) is 25.4. The third-order valence-corrected chi connectivity index (χ3v) is 15.9. The predicted molar refractivity (Wildman–Crippen MR) is 166 cm³/mol. The number of benzene rings is 1. The van der Waals surface area contributed by atoms with E-state index in [0.717, 1.165) is 49.6 Å². The van der Waals surface area contributed by atoms with Crippen molar-refractivity contribution in [1.29, 1.82) is 0 Å². The van der Waals surface area contributed by atoms with Crippen LogP contribution < -0.4 is 9.74 Å². The van der Waals surface area contributed by atoms with E-state index in [-0.39, 0.29) is 6.04 Å². The van der Waals surface area contributed by atoms with Crippen LogP contribution in [-0.4, -0.2) is 63.9 Å². The van der Waals surface area contributed by atoms with E-state index >= 15 is 0 Å². The summed E-state index contributed by atoms with van der Waals surface area (Å²) in [6, 6.07) is 7.10. The van der Waals surface area contributed by atoms with Crippen molar-refractivity contribution in [3.63, 3.8) is 0 Å². The van der Waals surface area contributed by atoms with Crippen LogP contribution >= 0.6 is 0 Å². The molecule has 1 aromatic heterocycles. The summed E-state index contributed by atoms with van der Waals surface area (Å²) >= 11 is 0. The number of aromatic nitrogens is 2. The summed E-state index contributed by atoms with van der Waals surface area (Å²) in [5, 5.41) is 10.3. The third-order valence-electron chi connectivity index (χ3n) is 9.27. The van der Waals surface area contributed by atoms with Crippen molar-refractivity contribution in [3.8, 4) is 11.4 Å². The lowest BCUT2D eigenvalue weighted by Crippen LogP contribution is -2.50. The normalized spacial score (nSPS) is 20.5. The molecule has 2 aliphatic heterocycles. The Balaban J connectivity index is 1.53. The fourth-order valence-electron chi connectivity index (χ4n) is 7.31. The van der Waals surface area contributed by atoms with E-state index < -0.39 is 18.2 Å². The average molecular weight is 585 g/mol. The fraction of sp³-hybridized carbons (Fsp3) is 0.645. The van der Waals surface area contributed by atoms with Crippen LogP contribution in [0.25, 0.3) is 5.69 Å². The molecule has 3 aliphatic rings. The summed E-state index contributed by atoms with van der Waals surface area (Å²) in [7, 11) is -5.27. The van der Waals surface area contributed by atoms with Gasteiger partial charge in [-0.25, -0.2) is 13.1 Å². The van der Waals surface area contributed by atoms with Gasteiger partial charge in [-0.2, -0.15) is 5.10 Å². The highest BCUT2D eigenvalue weighted by Gasteiger charge is 2.47. The van der Waals surface area contributed by atoms with Gasteiger partial charge in [-0.1, -0.05) is 53.7 Å². The van der Waals surface area contributed by atoms with Crippen molar-refractivity contribution in [2.45, 2.75) is 95.8 Å². The van der Waals surface area contributed by atoms with Crippen LogP contribution in [0.1, 0.15) is 88.9 Å². The SMILES string of the molecule is CC(C)[Si](Oc1cc(C2CC2)ccc1-n1nc2c3c1CCNC3CN(C/C=C/S(C)(=O)=O)CC2)(C(C)C)C(C)C. The van der Waals surface area contributed by atoms with Crippen LogP contribution in [0.3, 0.4) is 0 Å². The van der Waals surface area contributed by atoms with Gasteiger partial charge < -0.3 is 9.74 Å². The molecule has 0 bridgehead atoms. The van der Waals surface area contributed by atoms with E-state index in [2.05, 4.69) is 74.6 Å². The summed E-state index contributed by atoms with van der Waals surface area (Å²) in [6.45, 7) is 17.3. The number of hydrogen-bond acceptors (Lipinski definition) is 6. The number of rotatable bonds is 10. The van der Waals surface area contributed by atoms with Gasteiger partial charge in [0.1, 0.15) is 11.4 Å². The molecule has 1 atom stereocenters. The van der Waals surface area contributed by atoms with Gasteiger partial charge in [-0.15, -0.1) is 0 Å². The first kappa shape index (κ1) is 29.5. The largest absolute Gasteiger partial charge is 0.541 e. The van der Waals surface area contributed by atoms with Crippen LogP contribution in [0.15, 0.2) is 29.7 Å². The highest BCUT2D eigenvalue weighted by Crippen LogP contribution is 2.47. The Kier molecular flexibility index (Phi) is 8.41. The second kappa shape index (κ2) is 11.4. The molecule has 0 spiro atoms. The first-order valence-electron chi connectivity index (χ1n) is 15.2. The van der Waals surface area contributed by atoms with Crippen LogP contribution in [-0.2, 0) is 22.7 Å². The fourth-order valence-corrected chi connectivity index (χ4v) is 13.0. The van der Waals surface area contributed by atoms with Gasteiger partial charge in [-0.05, 0) is 53.1 Å². The van der Waals surface area contributed by atoms with Crippen molar-refractivity contribution >= 4 is 18.2 Å². The van der Waals surface area contributed by atoms with E-state index in [1.165, 1.54) is 41.3 Å². The highest BCUT2D eigenvalue weighted by molar-refractivity contribution is 7.93. The molecule has 3 heterocycles. The Morgan fingerprint density at radius 2 is 1.80 bits per heavy atom. The van der Waals surface area contributed by atoms with E-state index in [0.29, 0.717) is 29.1 Å². The maximum Gasteiger partial charge on any atom is 0.258 e. The quantitative estimate of drug-likeness (QED) is 0.350. The molecular weight excluding hydrogens is 537 g/mol. The monoisotopic (exact) mass is 584 g/mol. The maximum atomic E-state index is 11.6. The molecule has 220 valence electrons. The summed E-state index contributed by atoms with van der Waals surface area (Å²) in [6.07, 6.45) is 7.32. The Morgan fingerprint density at radius 1 is 1.10 bits per heavy atom. The Bertz CT molecular complexity index is 1340. The molecule has 1 aromatic carbocycles. The first-order chi connectivity index (χ1) is 18.9. The second-order valence-electron chi connectivity index (χ2n) is 13.1. The topological polar surface area (TPSA) is 76.5 Å². The minimum Gasteiger partial charge on any atom is -0.541 e. The van der Waals surface area contributed by atoms with Crippen molar-refractivity contribution < 1.29 is 12.8 Å². The minimum absolute atomic E-state index is 0.187. The van der Waals surface area contributed by atoms with Crippen molar-refractivity contribution in [3.05, 3.63) is 52.2 Å². The second-order valence-corrected chi connectivity index (χ2v) is 20.4. The Labute approximate surface area is 242 Å². The van der Waals surface area contributed by atoms with Crippen LogP contribution in [0.2, 0.25) is 16.6 Å². The lowest BCUT2D eigenvalue weighted by molar-refractivity contribution is 0.273. The number of nitrogens with zero attached hydrogens (tertiary/aromatic N) is 3. The van der Waals surface area contributed by atoms with Crippen molar-refractivity contribution in [2.24, 2.45) is 0 Å². The molecule has 0 amide bonds. The zero-order chi connectivity index (χ0) is 28.8. The predicted octanol–water partition coefficient (Wildman–Crippen LogP) is 5.91. The molecule has 1 aliphatic carbocycles. The van der Waals surface area contributed by atoms with E-state index in [9.17, 15) is 8.42 Å². The average Bonchev–Trinajstić information content (AvgIpc) is 3.67. The summed E-state index contributed by atoms with van der Waals surface area (Å²) < 4.78 is 32.7. The lowest BCUT2D eigenvalue weighted by Gasteiger charge is -2.42. The summed E-state index contributed by atoms with van der Waals surface area (Å²) in [4.78, 5) is 2.33. The third kappa shape index (κ3) is 5.85. The van der Waals surface area contributed by atoms with Crippen molar-refractivity contribution in [2.75, 3.05) is 32.4 Å². The van der Waals surface area contributed by atoms with Gasteiger partial charge in [-0.3, -0.25) is 4.90 Å². The van der Waals surface area contributed by atoms with Gasteiger partial charge in [0.15, 0.2) is 9.84 Å². The molecule has 1 N–H and O–H groups in total. The molecule has 0 radical (unpaired) electrons. The molecule has 1 unspecified atom stereocenters. The van der Waals surface area contributed by atoms with Gasteiger partial charge in [0.2, 0.25) is 0 Å². The van der Waals surface area contributed by atoms with Crippen LogP contribution in [0.5, 0.6) is 5.75 Å². The molecule has 1 fully saturated rings. The van der Waals surface area contributed by atoms with Gasteiger partial charge in [0.05, 0.1) is 11.4 Å². The van der Waals surface area contributed by atoms with Gasteiger partial charge in [0, 0.05) is 62.3 Å². The number of sulfone groups is 1. The highest BCUT2D eigenvalue weighted by atomic mass is 32.2. The minimum atomic E-state index is -3.11. The Hall–Kier alpha value is -1.94. The smallest absolute Gasteiger partial charge is 0.258 e. The van der Waals surface area contributed by atoms with Gasteiger partial charge >= 0.3 is 0 Å². The molecule has 7 nitrogen and oxygen atoms in total. The van der Waals surface area contributed by atoms with E-state index in [4.69, 9.17) is 9.52 Å². The molecule has 5 rings (SSSR count). The summed E-state index contributed by atoms with van der Waals surface area (Å²) in [5.74, 6) is 1.68. The maximum absolute atomic E-state index is 11.6. The van der Waals surface area contributed by atoms with Crippen LogP contribution in [0.4, 0.5) is 0 Å². The van der Waals surface area contributed by atoms with Crippen LogP contribution in [0, 0.1) is 0 Å². The number of nitrogens with one attached hydrogen (secondary N) is 1. The molecule has 2 aromatic rings. The number of hydrogen-bond donors (Lipinski definition) is 1. The zero-order valence-corrected chi connectivity index (χ0v) is 27.2. The molecule has 0 saturated heterocycles. The molecule has 40 heavy (non-hydrogen) atoms. The van der Waals surface area contributed by atoms with Gasteiger partial charge in [0.25, 0.3) is 8.32 Å².